The Kier molecular flexibility index (Phi) is 8.89. The number of aliphatic hydroxyl groups excluding tert-OH is 1. The molecule has 4 N–H and O–H groups in total. The van der Waals surface area contributed by atoms with E-state index in [1.54, 1.807) is 20.8 Å². The van der Waals surface area contributed by atoms with Gasteiger partial charge in [0, 0.05) is 5.54 Å². The maximum Gasteiger partial charge on any atom is 0.408 e. The standard InChI is InChI=1S/C25H39N3O5/c1-24(2,3)28-22(31)20(29)18(14-16-10-8-7-9-11-16)26-21(30)19(15-17-12-13-17)27-23(32)33-25(4,5)6/h7-11,17-20,29H,12-15H2,1-6H3,(H,26,30)(H,27,32)(H,28,31)/t18?,19-,20?/m0/s1. The highest BCUT2D eigenvalue weighted by Gasteiger charge is 2.35. The molecule has 1 aromatic carbocycles. The molecule has 1 fully saturated rings. The van der Waals surface area contributed by atoms with Gasteiger partial charge < -0.3 is 25.8 Å². The minimum Gasteiger partial charge on any atom is -0.444 e. The van der Waals surface area contributed by atoms with E-state index >= 15 is 0 Å². The topological polar surface area (TPSA) is 117 Å². The van der Waals surface area contributed by atoms with Crippen molar-refractivity contribution in [3.8, 4) is 0 Å². The highest BCUT2D eigenvalue weighted by atomic mass is 16.6. The van der Waals surface area contributed by atoms with Gasteiger partial charge in [0.25, 0.3) is 5.91 Å². The summed E-state index contributed by atoms with van der Waals surface area (Å²) in [5, 5.41) is 19.1. The van der Waals surface area contributed by atoms with Crippen LogP contribution in [0.25, 0.3) is 0 Å². The van der Waals surface area contributed by atoms with Gasteiger partial charge in [-0.05, 0) is 65.9 Å². The molecule has 1 aliphatic carbocycles. The Labute approximate surface area is 196 Å². The van der Waals surface area contributed by atoms with Crippen molar-refractivity contribution < 1.29 is 24.2 Å². The Morgan fingerprint density at radius 3 is 2.12 bits per heavy atom. The van der Waals surface area contributed by atoms with E-state index in [0.29, 0.717) is 12.3 Å². The molecule has 0 aliphatic heterocycles. The summed E-state index contributed by atoms with van der Waals surface area (Å²) < 4.78 is 5.32. The third-order valence-corrected chi connectivity index (χ3v) is 5.05. The summed E-state index contributed by atoms with van der Waals surface area (Å²) in [5.41, 5.74) is -0.363. The summed E-state index contributed by atoms with van der Waals surface area (Å²) in [5.74, 6) is -0.656. The van der Waals surface area contributed by atoms with Crippen LogP contribution in [-0.4, -0.2) is 52.3 Å². The predicted octanol–water partition coefficient (Wildman–Crippen LogP) is 2.68. The summed E-state index contributed by atoms with van der Waals surface area (Å²) in [7, 11) is 0. The maximum atomic E-state index is 13.2. The van der Waals surface area contributed by atoms with Gasteiger partial charge in [0.05, 0.1) is 6.04 Å². The zero-order valence-electron chi connectivity index (χ0n) is 20.6. The number of hydrogen-bond donors (Lipinski definition) is 4. The van der Waals surface area contributed by atoms with Gasteiger partial charge in [0.1, 0.15) is 11.6 Å². The van der Waals surface area contributed by atoms with Crippen molar-refractivity contribution >= 4 is 17.9 Å². The molecule has 0 heterocycles. The molecule has 1 aliphatic rings. The summed E-state index contributed by atoms with van der Waals surface area (Å²) in [6, 6.07) is 7.64. The first-order valence-corrected chi connectivity index (χ1v) is 11.6. The normalized spacial score (nSPS) is 16.8. The van der Waals surface area contributed by atoms with Crippen LogP contribution in [0.2, 0.25) is 0 Å². The van der Waals surface area contributed by atoms with Crippen LogP contribution in [0.15, 0.2) is 30.3 Å². The Hall–Kier alpha value is -2.61. The van der Waals surface area contributed by atoms with Crippen LogP contribution in [-0.2, 0) is 20.7 Å². The molecule has 8 nitrogen and oxygen atoms in total. The maximum absolute atomic E-state index is 13.2. The second-order valence-electron chi connectivity index (χ2n) is 10.9. The molecule has 3 atom stereocenters. The average molecular weight is 462 g/mol. The lowest BCUT2D eigenvalue weighted by atomic mass is 9.98. The molecule has 0 spiro atoms. The van der Waals surface area contributed by atoms with E-state index in [0.717, 1.165) is 18.4 Å². The van der Waals surface area contributed by atoms with Crippen LogP contribution in [0.5, 0.6) is 0 Å². The highest BCUT2D eigenvalue weighted by molar-refractivity contribution is 5.87. The second kappa shape index (κ2) is 11.0. The number of rotatable bonds is 9. The van der Waals surface area contributed by atoms with Crippen LogP contribution in [0, 0.1) is 5.92 Å². The van der Waals surface area contributed by atoms with E-state index in [2.05, 4.69) is 16.0 Å². The van der Waals surface area contributed by atoms with E-state index < -0.39 is 47.2 Å². The highest BCUT2D eigenvalue weighted by Crippen LogP contribution is 2.33. The zero-order valence-corrected chi connectivity index (χ0v) is 20.6. The van der Waals surface area contributed by atoms with Crippen LogP contribution in [0.1, 0.15) is 66.4 Å². The molecule has 0 aromatic heterocycles. The van der Waals surface area contributed by atoms with Crippen LogP contribution in [0.3, 0.4) is 0 Å². The molecule has 0 saturated heterocycles. The molecule has 1 aromatic rings. The smallest absolute Gasteiger partial charge is 0.408 e. The van der Waals surface area contributed by atoms with Crippen molar-refractivity contribution in [2.24, 2.45) is 5.92 Å². The molecular weight excluding hydrogens is 422 g/mol. The van der Waals surface area contributed by atoms with Crippen molar-refractivity contribution in [1.29, 1.82) is 0 Å². The number of hydrogen-bond acceptors (Lipinski definition) is 5. The van der Waals surface area contributed by atoms with Crippen LogP contribution < -0.4 is 16.0 Å². The van der Waals surface area contributed by atoms with Crippen molar-refractivity contribution in [2.75, 3.05) is 0 Å². The second-order valence-corrected chi connectivity index (χ2v) is 10.9. The van der Waals surface area contributed by atoms with Crippen LogP contribution in [0.4, 0.5) is 4.79 Å². The minimum absolute atomic E-state index is 0.258. The van der Waals surface area contributed by atoms with Gasteiger partial charge in [-0.2, -0.15) is 0 Å². The first kappa shape index (κ1) is 26.6. The van der Waals surface area contributed by atoms with Gasteiger partial charge in [-0.3, -0.25) is 9.59 Å². The monoisotopic (exact) mass is 461 g/mol. The Bertz CT molecular complexity index is 810. The summed E-state index contributed by atoms with van der Waals surface area (Å²) >= 11 is 0. The molecule has 3 amide bonds. The molecule has 2 rings (SSSR count). The molecule has 1 saturated carbocycles. The zero-order chi connectivity index (χ0) is 24.8. The first-order valence-electron chi connectivity index (χ1n) is 11.6. The lowest BCUT2D eigenvalue weighted by molar-refractivity contribution is -0.134. The number of nitrogens with one attached hydrogen (secondary N) is 3. The fourth-order valence-corrected chi connectivity index (χ4v) is 3.39. The van der Waals surface area contributed by atoms with E-state index in [1.807, 2.05) is 51.1 Å². The first-order chi connectivity index (χ1) is 15.2. The molecular formula is C25H39N3O5. The fourth-order valence-electron chi connectivity index (χ4n) is 3.39. The minimum atomic E-state index is -1.46. The van der Waals surface area contributed by atoms with E-state index in [9.17, 15) is 19.5 Å². The quantitative estimate of drug-likeness (QED) is 0.451. The van der Waals surface area contributed by atoms with Crippen LogP contribution >= 0.6 is 0 Å². The molecule has 8 heteroatoms. The van der Waals surface area contributed by atoms with E-state index in [-0.39, 0.29) is 6.42 Å². The van der Waals surface area contributed by atoms with Gasteiger partial charge in [0.15, 0.2) is 6.10 Å². The number of carbonyl (C=O) groups is 3. The number of alkyl carbamates (subject to hydrolysis) is 1. The number of amides is 3. The Morgan fingerprint density at radius 1 is 1.00 bits per heavy atom. The van der Waals surface area contributed by atoms with E-state index in [1.165, 1.54) is 0 Å². The SMILES string of the molecule is CC(C)(C)NC(=O)C(O)C(Cc1ccccc1)NC(=O)[C@H](CC1CC1)NC(=O)OC(C)(C)C. The summed E-state index contributed by atoms with van der Waals surface area (Å²) in [6.45, 7) is 10.7. The molecule has 33 heavy (non-hydrogen) atoms. The largest absolute Gasteiger partial charge is 0.444 e. The van der Waals surface area contributed by atoms with Gasteiger partial charge in [-0.15, -0.1) is 0 Å². The van der Waals surface area contributed by atoms with E-state index in [4.69, 9.17) is 4.74 Å². The molecule has 0 radical (unpaired) electrons. The van der Waals surface area contributed by atoms with Gasteiger partial charge in [-0.1, -0.05) is 43.2 Å². The lowest BCUT2D eigenvalue weighted by Gasteiger charge is -2.29. The third-order valence-electron chi connectivity index (χ3n) is 5.05. The van der Waals surface area contributed by atoms with Gasteiger partial charge in [0.2, 0.25) is 5.91 Å². The van der Waals surface area contributed by atoms with Gasteiger partial charge >= 0.3 is 6.09 Å². The summed E-state index contributed by atoms with van der Waals surface area (Å²) in [6.07, 6.45) is 0.611. The third kappa shape index (κ3) is 10.2. The average Bonchev–Trinajstić information content (AvgIpc) is 3.48. The Morgan fingerprint density at radius 2 is 1.61 bits per heavy atom. The lowest BCUT2D eigenvalue weighted by Crippen LogP contribution is -2.58. The predicted molar refractivity (Wildman–Crippen MR) is 126 cm³/mol. The molecule has 2 unspecified atom stereocenters. The summed E-state index contributed by atoms with van der Waals surface area (Å²) in [4.78, 5) is 38.2. The van der Waals surface area contributed by atoms with Crippen molar-refractivity contribution in [1.82, 2.24) is 16.0 Å². The van der Waals surface area contributed by atoms with Crippen molar-refractivity contribution in [3.63, 3.8) is 0 Å². The molecule has 0 bridgehead atoms. The number of aliphatic hydroxyl groups is 1. The molecule has 184 valence electrons. The fraction of sp³-hybridized carbons (Fsp3) is 0.640. The number of benzene rings is 1. The Balaban J connectivity index is 2.16. The van der Waals surface area contributed by atoms with Crippen molar-refractivity contribution in [2.45, 2.75) is 96.6 Å². The number of carbonyl (C=O) groups excluding carboxylic acids is 3. The van der Waals surface area contributed by atoms with Crippen molar-refractivity contribution in [3.05, 3.63) is 35.9 Å². The number of ether oxygens (including phenoxy) is 1. The van der Waals surface area contributed by atoms with Gasteiger partial charge in [-0.25, -0.2) is 4.79 Å².